The number of aliphatic hydroxyl groups is 1. The van der Waals surface area contributed by atoms with Crippen LogP contribution in [0.15, 0.2) is 18.2 Å². The molecule has 1 heterocycles. The quantitative estimate of drug-likeness (QED) is 0.901. The normalized spacial score (nSPS) is 16.2. The Labute approximate surface area is 125 Å². The van der Waals surface area contributed by atoms with Gasteiger partial charge in [0.1, 0.15) is 17.4 Å². The second kappa shape index (κ2) is 7.39. The molecule has 1 fully saturated rings. The molecule has 5 heteroatoms. The lowest BCUT2D eigenvalue weighted by Gasteiger charge is -2.38. The predicted molar refractivity (Wildman–Crippen MR) is 80.7 cm³/mol. The van der Waals surface area contributed by atoms with Crippen molar-refractivity contribution >= 4 is 5.69 Å². The maximum absolute atomic E-state index is 13.7. The molecule has 1 aliphatic heterocycles. The van der Waals surface area contributed by atoms with Crippen LogP contribution in [0.25, 0.3) is 0 Å². The van der Waals surface area contributed by atoms with E-state index >= 15 is 0 Å². The summed E-state index contributed by atoms with van der Waals surface area (Å²) in [5, 5.41) is 18.0. The van der Waals surface area contributed by atoms with Crippen LogP contribution in [0.1, 0.15) is 24.8 Å². The Morgan fingerprint density at radius 2 is 2.14 bits per heavy atom. The van der Waals surface area contributed by atoms with Gasteiger partial charge >= 0.3 is 0 Å². The van der Waals surface area contributed by atoms with Gasteiger partial charge in [0.25, 0.3) is 0 Å². The van der Waals surface area contributed by atoms with Gasteiger partial charge in [0.05, 0.1) is 5.69 Å². The van der Waals surface area contributed by atoms with E-state index in [1.54, 1.807) is 6.07 Å². The number of anilines is 1. The molecule has 1 aliphatic rings. The molecule has 1 aromatic rings. The van der Waals surface area contributed by atoms with Gasteiger partial charge in [-0.05, 0) is 38.4 Å². The highest BCUT2D eigenvalue weighted by atomic mass is 19.1. The molecule has 0 unspecified atom stereocenters. The minimum absolute atomic E-state index is 0.143. The maximum atomic E-state index is 13.7. The summed E-state index contributed by atoms with van der Waals surface area (Å²) in [5.74, 6) is -0.447. The van der Waals surface area contributed by atoms with Crippen LogP contribution in [-0.2, 0) is 0 Å². The number of benzene rings is 1. The van der Waals surface area contributed by atoms with Crippen molar-refractivity contribution in [2.75, 3.05) is 38.2 Å². The van der Waals surface area contributed by atoms with Crippen LogP contribution in [0.4, 0.5) is 10.1 Å². The lowest BCUT2D eigenvalue weighted by molar-refractivity contribution is 0.184. The Kier molecular flexibility index (Phi) is 5.54. The third kappa shape index (κ3) is 3.72. The molecule has 0 aliphatic carbocycles. The number of piperidine rings is 1. The fourth-order valence-corrected chi connectivity index (χ4v) is 2.94. The molecule has 0 radical (unpaired) electrons. The molecule has 0 amide bonds. The highest BCUT2D eigenvalue weighted by Crippen LogP contribution is 2.26. The van der Waals surface area contributed by atoms with Crippen LogP contribution in [-0.4, -0.2) is 49.3 Å². The van der Waals surface area contributed by atoms with Crippen LogP contribution >= 0.6 is 0 Å². The van der Waals surface area contributed by atoms with Crippen molar-refractivity contribution in [1.82, 2.24) is 4.90 Å². The van der Waals surface area contributed by atoms with E-state index in [4.69, 9.17) is 10.4 Å². The van der Waals surface area contributed by atoms with Crippen molar-refractivity contribution in [2.45, 2.75) is 25.3 Å². The number of halogens is 1. The van der Waals surface area contributed by atoms with Gasteiger partial charge in [0.2, 0.25) is 0 Å². The minimum Gasteiger partial charge on any atom is -0.396 e. The number of hydrogen-bond donors (Lipinski definition) is 1. The van der Waals surface area contributed by atoms with Gasteiger partial charge in [-0.2, -0.15) is 5.26 Å². The van der Waals surface area contributed by atoms with Gasteiger partial charge in [0.15, 0.2) is 0 Å². The van der Waals surface area contributed by atoms with Crippen molar-refractivity contribution in [2.24, 2.45) is 0 Å². The molecule has 0 aromatic heterocycles. The van der Waals surface area contributed by atoms with Crippen molar-refractivity contribution in [1.29, 1.82) is 5.26 Å². The second-order valence-electron chi connectivity index (χ2n) is 5.52. The smallest absolute Gasteiger partial charge is 0.143 e. The zero-order chi connectivity index (χ0) is 15.2. The van der Waals surface area contributed by atoms with Crippen LogP contribution in [0.2, 0.25) is 0 Å². The molecular formula is C16H22FN3O. The van der Waals surface area contributed by atoms with Gasteiger partial charge in [-0.1, -0.05) is 6.07 Å². The van der Waals surface area contributed by atoms with E-state index in [0.29, 0.717) is 11.7 Å². The largest absolute Gasteiger partial charge is 0.396 e. The lowest BCUT2D eigenvalue weighted by atomic mass is 10.0. The number of nitriles is 1. The molecule has 1 aromatic carbocycles. The SMILES string of the molecule is CN(CCCO)C1CCN(c2cccc(F)c2C#N)CC1. The first-order chi connectivity index (χ1) is 10.2. The Bertz CT molecular complexity index is 507. The monoisotopic (exact) mass is 291 g/mol. The fourth-order valence-electron chi connectivity index (χ4n) is 2.94. The van der Waals surface area contributed by atoms with Crippen LogP contribution < -0.4 is 4.90 Å². The molecule has 0 saturated carbocycles. The lowest BCUT2D eigenvalue weighted by Crippen LogP contribution is -2.44. The summed E-state index contributed by atoms with van der Waals surface area (Å²) in [6, 6.07) is 7.27. The Morgan fingerprint density at radius 3 is 2.76 bits per heavy atom. The third-order valence-corrected chi connectivity index (χ3v) is 4.20. The van der Waals surface area contributed by atoms with Crippen LogP contribution in [0.3, 0.4) is 0 Å². The van der Waals surface area contributed by atoms with Gasteiger partial charge in [-0.3, -0.25) is 0 Å². The third-order valence-electron chi connectivity index (χ3n) is 4.20. The van der Waals surface area contributed by atoms with E-state index in [0.717, 1.165) is 38.9 Å². The predicted octanol–water partition coefficient (Wildman–Crippen LogP) is 1.98. The van der Waals surface area contributed by atoms with Gasteiger partial charge < -0.3 is 14.9 Å². The van der Waals surface area contributed by atoms with Crippen molar-refractivity contribution in [3.8, 4) is 6.07 Å². The Balaban J connectivity index is 1.99. The molecule has 21 heavy (non-hydrogen) atoms. The molecule has 4 nitrogen and oxygen atoms in total. The summed E-state index contributed by atoms with van der Waals surface area (Å²) in [6.07, 6.45) is 2.77. The first kappa shape index (κ1) is 15.7. The van der Waals surface area contributed by atoms with Gasteiger partial charge in [0, 0.05) is 32.3 Å². The first-order valence-corrected chi connectivity index (χ1v) is 7.42. The van der Waals surface area contributed by atoms with Gasteiger partial charge in [-0.25, -0.2) is 4.39 Å². The fraction of sp³-hybridized carbons (Fsp3) is 0.562. The first-order valence-electron chi connectivity index (χ1n) is 7.42. The zero-order valence-electron chi connectivity index (χ0n) is 12.4. The summed E-state index contributed by atoms with van der Waals surface area (Å²) in [5.41, 5.74) is 0.846. The highest BCUT2D eigenvalue weighted by Gasteiger charge is 2.24. The number of nitrogens with zero attached hydrogens (tertiary/aromatic N) is 3. The van der Waals surface area contributed by atoms with Crippen LogP contribution in [0.5, 0.6) is 0 Å². The molecule has 1 N–H and O–H groups in total. The van der Waals surface area contributed by atoms with E-state index in [2.05, 4.69) is 16.8 Å². The average Bonchev–Trinajstić information content (AvgIpc) is 2.52. The average molecular weight is 291 g/mol. The summed E-state index contributed by atoms with van der Waals surface area (Å²) in [7, 11) is 2.08. The summed E-state index contributed by atoms with van der Waals surface area (Å²) >= 11 is 0. The number of rotatable bonds is 5. The van der Waals surface area contributed by atoms with Gasteiger partial charge in [-0.15, -0.1) is 0 Å². The van der Waals surface area contributed by atoms with E-state index in [1.165, 1.54) is 6.07 Å². The summed E-state index contributed by atoms with van der Waals surface area (Å²) < 4.78 is 13.7. The number of aliphatic hydroxyl groups excluding tert-OH is 1. The number of hydrogen-bond acceptors (Lipinski definition) is 4. The molecule has 0 spiro atoms. The standard InChI is InChI=1S/C16H22FN3O/c1-19(8-3-11-21)13-6-9-20(10-7-13)16-5-2-4-15(17)14(16)12-18/h2,4-5,13,21H,3,6-11H2,1H3. The molecule has 2 rings (SSSR count). The maximum Gasteiger partial charge on any atom is 0.143 e. The summed E-state index contributed by atoms with van der Waals surface area (Å²) in [6.45, 7) is 2.76. The Morgan fingerprint density at radius 1 is 1.43 bits per heavy atom. The molecule has 1 saturated heterocycles. The highest BCUT2D eigenvalue weighted by molar-refractivity contribution is 5.60. The summed E-state index contributed by atoms with van der Waals surface area (Å²) in [4.78, 5) is 4.38. The second-order valence-corrected chi connectivity index (χ2v) is 5.52. The zero-order valence-corrected chi connectivity index (χ0v) is 12.4. The van der Waals surface area contributed by atoms with Crippen molar-refractivity contribution in [3.05, 3.63) is 29.6 Å². The van der Waals surface area contributed by atoms with E-state index in [-0.39, 0.29) is 12.2 Å². The van der Waals surface area contributed by atoms with E-state index < -0.39 is 5.82 Å². The van der Waals surface area contributed by atoms with E-state index in [9.17, 15) is 4.39 Å². The molecule has 0 atom stereocenters. The Hall–Kier alpha value is -1.64. The van der Waals surface area contributed by atoms with Crippen molar-refractivity contribution in [3.63, 3.8) is 0 Å². The molecule has 0 bridgehead atoms. The topological polar surface area (TPSA) is 50.5 Å². The van der Waals surface area contributed by atoms with Crippen molar-refractivity contribution < 1.29 is 9.50 Å². The molecule has 114 valence electrons. The van der Waals surface area contributed by atoms with Crippen LogP contribution in [0, 0.1) is 17.1 Å². The molecular weight excluding hydrogens is 269 g/mol. The van der Waals surface area contributed by atoms with E-state index in [1.807, 2.05) is 12.1 Å². The minimum atomic E-state index is -0.447.